The standard InChI is InChI=1S/C25H20ClFN8O2S/c26-20-11-17(27)4-1-16(20)13-30-34-25(36)32-18-5-2-15(3-6-18)21-19(12-28)24(35-7-9-37-10-8-35)38-22(21)23-29-14-31-33-23/h1-6,11,13-14H,7-10H2,(H,29,31,33)(H2,32,34,36)/b30-13+. The largest absolute Gasteiger partial charge is 0.378 e. The number of hydrogen-bond acceptors (Lipinski definition) is 8. The van der Waals surface area contributed by atoms with Crippen molar-refractivity contribution in [3.05, 3.63) is 70.8 Å². The van der Waals surface area contributed by atoms with Gasteiger partial charge in [0.25, 0.3) is 0 Å². The van der Waals surface area contributed by atoms with Gasteiger partial charge in [-0.15, -0.1) is 11.3 Å². The van der Waals surface area contributed by atoms with Gasteiger partial charge in [-0.2, -0.15) is 15.5 Å². The summed E-state index contributed by atoms with van der Waals surface area (Å²) in [5.74, 6) is 0.109. The van der Waals surface area contributed by atoms with Gasteiger partial charge in [-0.25, -0.2) is 19.6 Å². The maximum Gasteiger partial charge on any atom is 0.339 e. The summed E-state index contributed by atoms with van der Waals surface area (Å²) in [4.78, 5) is 19.5. The first-order chi connectivity index (χ1) is 18.5. The maximum absolute atomic E-state index is 13.2. The number of hydrogen-bond donors (Lipinski definition) is 3. The molecule has 2 aromatic heterocycles. The molecule has 0 saturated carbocycles. The van der Waals surface area contributed by atoms with E-state index in [0.29, 0.717) is 48.9 Å². The zero-order chi connectivity index (χ0) is 26.5. The molecule has 38 heavy (non-hydrogen) atoms. The molecule has 3 heterocycles. The molecular formula is C25H20ClFN8O2S. The number of aromatic amines is 1. The number of H-pyrrole nitrogens is 1. The average Bonchev–Trinajstić information content (AvgIpc) is 3.59. The van der Waals surface area contributed by atoms with Gasteiger partial charge in [-0.05, 0) is 35.9 Å². The van der Waals surface area contributed by atoms with Gasteiger partial charge in [0.1, 0.15) is 23.2 Å². The average molecular weight is 551 g/mol. The maximum atomic E-state index is 13.2. The number of urea groups is 1. The summed E-state index contributed by atoms with van der Waals surface area (Å²) >= 11 is 7.44. The van der Waals surface area contributed by atoms with Crippen LogP contribution in [0, 0.1) is 17.1 Å². The zero-order valence-electron chi connectivity index (χ0n) is 19.7. The summed E-state index contributed by atoms with van der Waals surface area (Å²) in [5, 5.41) is 24.6. The van der Waals surface area contributed by atoms with Crippen molar-refractivity contribution in [2.45, 2.75) is 0 Å². The Morgan fingerprint density at radius 3 is 2.74 bits per heavy atom. The van der Waals surface area contributed by atoms with E-state index >= 15 is 0 Å². The van der Waals surface area contributed by atoms with Crippen molar-refractivity contribution < 1.29 is 13.9 Å². The van der Waals surface area contributed by atoms with E-state index in [1.54, 1.807) is 12.1 Å². The molecule has 4 aromatic rings. The minimum absolute atomic E-state index is 0.179. The number of halogens is 2. The van der Waals surface area contributed by atoms with Crippen LogP contribution in [0.3, 0.4) is 0 Å². The van der Waals surface area contributed by atoms with Crippen molar-refractivity contribution in [2.75, 3.05) is 36.5 Å². The fourth-order valence-corrected chi connectivity index (χ4v) is 5.40. The highest BCUT2D eigenvalue weighted by Gasteiger charge is 2.26. The molecule has 0 radical (unpaired) electrons. The molecule has 0 bridgehead atoms. The lowest BCUT2D eigenvalue weighted by Crippen LogP contribution is -2.36. The number of amides is 2. The van der Waals surface area contributed by atoms with Crippen LogP contribution in [0.15, 0.2) is 53.9 Å². The number of nitriles is 1. The summed E-state index contributed by atoms with van der Waals surface area (Å²) in [5.41, 5.74) is 5.41. The number of anilines is 2. The highest BCUT2D eigenvalue weighted by Crippen LogP contribution is 2.46. The molecule has 192 valence electrons. The Hall–Kier alpha value is -4.31. The van der Waals surface area contributed by atoms with Crippen molar-refractivity contribution in [1.82, 2.24) is 20.6 Å². The molecule has 2 aromatic carbocycles. The summed E-state index contributed by atoms with van der Waals surface area (Å²) in [6.07, 6.45) is 2.75. The Morgan fingerprint density at radius 1 is 1.26 bits per heavy atom. The number of ether oxygens (including phenoxy) is 1. The summed E-state index contributed by atoms with van der Waals surface area (Å²) in [6.45, 7) is 2.58. The number of carbonyl (C=O) groups excluding carboxylic acids is 1. The third-order valence-electron chi connectivity index (χ3n) is 5.69. The van der Waals surface area contributed by atoms with E-state index < -0.39 is 11.8 Å². The molecule has 0 aliphatic carbocycles. The lowest BCUT2D eigenvalue weighted by atomic mass is 10.0. The van der Waals surface area contributed by atoms with Crippen LogP contribution in [0.25, 0.3) is 21.8 Å². The third kappa shape index (κ3) is 5.50. The second-order valence-corrected chi connectivity index (χ2v) is 9.51. The quantitative estimate of drug-likeness (QED) is 0.232. The lowest BCUT2D eigenvalue weighted by molar-refractivity contribution is 0.123. The Bertz CT molecular complexity index is 1510. The number of carbonyl (C=O) groups is 1. The van der Waals surface area contributed by atoms with Gasteiger partial charge in [0, 0.05) is 29.9 Å². The molecule has 2 amide bonds. The molecular weight excluding hydrogens is 531 g/mol. The van der Waals surface area contributed by atoms with Gasteiger partial charge in [0.15, 0.2) is 5.82 Å². The van der Waals surface area contributed by atoms with E-state index in [9.17, 15) is 14.4 Å². The smallest absolute Gasteiger partial charge is 0.339 e. The number of benzene rings is 2. The molecule has 13 heteroatoms. The number of rotatable bonds is 6. The van der Waals surface area contributed by atoms with Gasteiger partial charge in [0.05, 0.1) is 34.9 Å². The van der Waals surface area contributed by atoms with Crippen LogP contribution in [0.2, 0.25) is 5.02 Å². The topological polar surface area (TPSA) is 131 Å². The monoisotopic (exact) mass is 550 g/mol. The van der Waals surface area contributed by atoms with E-state index in [1.807, 2.05) is 12.1 Å². The van der Waals surface area contributed by atoms with Crippen LogP contribution in [-0.2, 0) is 4.74 Å². The number of nitrogens with one attached hydrogen (secondary N) is 3. The fraction of sp³-hybridized carbons (Fsp3) is 0.160. The summed E-state index contributed by atoms with van der Waals surface area (Å²) < 4.78 is 18.6. The minimum Gasteiger partial charge on any atom is -0.378 e. The first kappa shape index (κ1) is 25.3. The summed E-state index contributed by atoms with van der Waals surface area (Å²) in [6, 6.07) is 12.8. The number of nitrogens with zero attached hydrogens (tertiary/aromatic N) is 5. The first-order valence-corrected chi connectivity index (χ1v) is 12.6. The van der Waals surface area contributed by atoms with Gasteiger partial charge in [0.2, 0.25) is 0 Å². The molecule has 10 nitrogen and oxygen atoms in total. The number of thiophene rings is 1. The van der Waals surface area contributed by atoms with E-state index in [4.69, 9.17) is 16.3 Å². The molecule has 1 aliphatic heterocycles. The highest BCUT2D eigenvalue weighted by molar-refractivity contribution is 7.20. The van der Waals surface area contributed by atoms with E-state index in [0.717, 1.165) is 27.1 Å². The molecule has 1 saturated heterocycles. The van der Waals surface area contributed by atoms with Crippen molar-refractivity contribution in [2.24, 2.45) is 5.10 Å². The van der Waals surface area contributed by atoms with Crippen molar-refractivity contribution >= 4 is 45.9 Å². The van der Waals surface area contributed by atoms with Crippen LogP contribution < -0.4 is 15.6 Å². The molecule has 5 rings (SSSR count). The molecule has 1 aliphatic rings. The fourth-order valence-electron chi connectivity index (χ4n) is 3.92. The Kier molecular flexibility index (Phi) is 7.60. The highest BCUT2D eigenvalue weighted by atomic mass is 35.5. The number of morpholine rings is 1. The second kappa shape index (κ2) is 11.4. The van der Waals surface area contributed by atoms with Crippen LogP contribution >= 0.6 is 22.9 Å². The Labute approximate surface area is 225 Å². The normalized spacial score (nSPS) is 13.4. The zero-order valence-corrected chi connectivity index (χ0v) is 21.3. The van der Waals surface area contributed by atoms with Crippen LogP contribution in [0.5, 0.6) is 0 Å². The van der Waals surface area contributed by atoms with E-state index in [1.165, 1.54) is 36.0 Å². The molecule has 1 fully saturated rings. The molecule has 3 N–H and O–H groups in total. The predicted molar refractivity (Wildman–Crippen MR) is 144 cm³/mol. The lowest BCUT2D eigenvalue weighted by Gasteiger charge is -2.27. The van der Waals surface area contributed by atoms with Crippen LogP contribution in [-0.4, -0.2) is 53.7 Å². The van der Waals surface area contributed by atoms with Gasteiger partial charge in [-0.3, -0.25) is 5.10 Å². The Morgan fingerprint density at radius 2 is 2.05 bits per heavy atom. The summed E-state index contributed by atoms with van der Waals surface area (Å²) in [7, 11) is 0. The van der Waals surface area contributed by atoms with Crippen LogP contribution in [0.1, 0.15) is 11.1 Å². The van der Waals surface area contributed by atoms with Gasteiger partial charge >= 0.3 is 6.03 Å². The Balaban J connectivity index is 1.35. The second-order valence-electron chi connectivity index (χ2n) is 8.10. The van der Waals surface area contributed by atoms with Gasteiger partial charge < -0.3 is 15.0 Å². The SMILES string of the molecule is N#Cc1c(N2CCOCC2)sc(-c2ncn[nH]2)c1-c1ccc(NC(=O)N/N=C/c2ccc(F)cc2Cl)cc1. The van der Waals surface area contributed by atoms with Crippen molar-refractivity contribution in [3.63, 3.8) is 0 Å². The van der Waals surface area contributed by atoms with E-state index in [2.05, 4.69) is 42.0 Å². The number of hydrazone groups is 1. The molecule has 0 spiro atoms. The molecule has 0 unspecified atom stereocenters. The minimum atomic E-state index is -0.572. The first-order valence-electron chi connectivity index (χ1n) is 11.4. The molecule has 0 atom stereocenters. The third-order valence-corrected chi connectivity index (χ3v) is 7.28. The predicted octanol–water partition coefficient (Wildman–Crippen LogP) is 4.86. The number of aromatic nitrogens is 3. The van der Waals surface area contributed by atoms with Gasteiger partial charge in [-0.1, -0.05) is 23.7 Å². The van der Waals surface area contributed by atoms with E-state index in [-0.39, 0.29) is 5.02 Å². The van der Waals surface area contributed by atoms with Crippen molar-refractivity contribution in [3.8, 4) is 27.9 Å². The van der Waals surface area contributed by atoms with Crippen LogP contribution in [0.4, 0.5) is 19.9 Å². The van der Waals surface area contributed by atoms with Crippen molar-refractivity contribution in [1.29, 1.82) is 5.26 Å².